The number of hydrogen-bond donors (Lipinski definition) is 1. The van der Waals surface area contributed by atoms with Crippen LogP contribution in [0.2, 0.25) is 0 Å². The molecule has 14 heavy (non-hydrogen) atoms. The van der Waals surface area contributed by atoms with Crippen molar-refractivity contribution in [1.82, 2.24) is 0 Å². The minimum Gasteiger partial charge on any atom is -0.393 e. The number of aliphatic hydroxyl groups is 1. The highest BCUT2D eigenvalue weighted by atomic mass is 16.7. The molecule has 1 unspecified atom stereocenters. The molecular weight excluding hydrogens is 180 g/mol. The van der Waals surface area contributed by atoms with Crippen LogP contribution < -0.4 is 0 Å². The van der Waals surface area contributed by atoms with Crippen LogP contribution in [-0.4, -0.2) is 30.7 Å². The Bertz CT molecular complexity index is 160. The van der Waals surface area contributed by atoms with Crippen molar-refractivity contribution >= 4 is 0 Å². The van der Waals surface area contributed by atoms with Gasteiger partial charge >= 0.3 is 0 Å². The normalized spacial score (nSPS) is 28.1. The maximum absolute atomic E-state index is 9.97. The van der Waals surface area contributed by atoms with Gasteiger partial charge in [-0.2, -0.15) is 0 Å². The zero-order valence-corrected chi connectivity index (χ0v) is 8.65. The molecule has 1 heterocycles. The minimum absolute atomic E-state index is 0.146. The Balaban J connectivity index is 1.72. The van der Waals surface area contributed by atoms with Gasteiger partial charge in [-0.25, -0.2) is 0 Å². The second kappa shape index (κ2) is 5.10. The van der Waals surface area contributed by atoms with E-state index in [-0.39, 0.29) is 12.4 Å². The fourth-order valence-corrected chi connectivity index (χ4v) is 2.45. The van der Waals surface area contributed by atoms with Crippen LogP contribution in [0, 0.1) is 5.92 Å². The van der Waals surface area contributed by atoms with Gasteiger partial charge in [-0.05, 0) is 18.8 Å². The summed E-state index contributed by atoms with van der Waals surface area (Å²) in [6.07, 6.45) is 6.51. The van der Waals surface area contributed by atoms with E-state index in [1.54, 1.807) is 0 Å². The van der Waals surface area contributed by atoms with E-state index >= 15 is 0 Å². The van der Waals surface area contributed by atoms with E-state index in [9.17, 15) is 5.11 Å². The van der Waals surface area contributed by atoms with Crippen molar-refractivity contribution in [3.63, 3.8) is 0 Å². The highest BCUT2D eigenvalue weighted by Crippen LogP contribution is 2.29. The average molecular weight is 200 g/mol. The highest BCUT2D eigenvalue weighted by Gasteiger charge is 2.26. The largest absolute Gasteiger partial charge is 0.393 e. The smallest absolute Gasteiger partial charge is 0.160 e. The summed E-state index contributed by atoms with van der Waals surface area (Å²) in [4.78, 5) is 0. The monoisotopic (exact) mass is 200 g/mol. The van der Waals surface area contributed by atoms with Gasteiger partial charge in [0.2, 0.25) is 0 Å². The predicted octanol–water partition coefficient (Wildman–Crippen LogP) is 1.69. The summed E-state index contributed by atoms with van der Waals surface area (Å²) in [5.74, 6) is 0.483. The molecule has 3 nitrogen and oxygen atoms in total. The summed E-state index contributed by atoms with van der Waals surface area (Å²) in [5.41, 5.74) is 0. The minimum atomic E-state index is -0.224. The van der Waals surface area contributed by atoms with Crippen LogP contribution in [0.1, 0.15) is 38.5 Å². The molecule has 1 saturated heterocycles. The molecule has 2 aliphatic rings. The van der Waals surface area contributed by atoms with Gasteiger partial charge in [-0.1, -0.05) is 19.3 Å². The molecule has 0 spiro atoms. The second-order valence-corrected chi connectivity index (χ2v) is 4.37. The summed E-state index contributed by atoms with van der Waals surface area (Å²) in [7, 11) is 0. The molecule has 0 aromatic rings. The van der Waals surface area contributed by atoms with E-state index in [4.69, 9.17) is 9.47 Å². The lowest BCUT2D eigenvalue weighted by molar-refractivity contribution is -0.0817. The molecule has 2 rings (SSSR count). The molecule has 0 radical (unpaired) electrons. The van der Waals surface area contributed by atoms with Crippen molar-refractivity contribution in [3.05, 3.63) is 0 Å². The zero-order chi connectivity index (χ0) is 9.80. The first-order chi connectivity index (χ1) is 6.86. The summed E-state index contributed by atoms with van der Waals surface area (Å²) < 4.78 is 10.7. The third kappa shape index (κ3) is 2.69. The highest BCUT2D eigenvalue weighted by molar-refractivity contribution is 4.74. The van der Waals surface area contributed by atoms with Crippen molar-refractivity contribution in [3.8, 4) is 0 Å². The Hall–Kier alpha value is -0.120. The van der Waals surface area contributed by atoms with Gasteiger partial charge in [0.1, 0.15) is 0 Å². The number of rotatable bonds is 3. The van der Waals surface area contributed by atoms with E-state index in [0.717, 1.165) is 0 Å². The van der Waals surface area contributed by atoms with Gasteiger partial charge in [-0.15, -0.1) is 0 Å². The summed E-state index contributed by atoms with van der Waals surface area (Å²) >= 11 is 0. The maximum Gasteiger partial charge on any atom is 0.160 e. The summed E-state index contributed by atoms with van der Waals surface area (Å²) in [6, 6.07) is 0. The Morgan fingerprint density at radius 1 is 1.07 bits per heavy atom. The van der Waals surface area contributed by atoms with E-state index in [2.05, 4.69) is 0 Å². The lowest BCUT2D eigenvalue weighted by Gasteiger charge is -2.27. The van der Waals surface area contributed by atoms with E-state index in [1.807, 2.05) is 0 Å². The van der Waals surface area contributed by atoms with Gasteiger partial charge in [0, 0.05) is 6.42 Å². The summed E-state index contributed by atoms with van der Waals surface area (Å²) in [6.45, 7) is 1.37. The van der Waals surface area contributed by atoms with Crippen LogP contribution >= 0.6 is 0 Å². The fourth-order valence-electron chi connectivity index (χ4n) is 2.45. The molecule has 0 aromatic heterocycles. The molecule has 2 fully saturated rings. The molecule has 0 amide bonds. The van der Waals surface area contributed by atoms with Gasteiger partial charge in [0.15, 0.2) is 6.29 Å². The topological polar surface area (TPSA) is 38.7 Å². The van der Waals surface area contributed by atoms with Crippen molar-refractivity contribution in [2.45, 2.75) is 50.9 Å². The fraction of sp³-hybridized carbons (Fsp3) is 1.00. The molecule has 0 aromatic carbocycles. The van der Waals surface area contributed by atoms with Crippen LogP contribution in [0.3, 0.4) is 0 Å². The van der Waals surface area contributed by atoms with E-state index in [0.29, 0.717) is 25.6 Å². The molecule has 1 N–H and O–H groups in total. The molecule has 1 atom stereocenters. The SMILES string of the molecule is OC(CC1OCCO1)C1CCCCC1. The Labute approximate surface area is 85.4 Å². The van der Waals surface area contributed by atoms with Crippen LogP contribution in [0.5, 0.6) is 0 Å². The van der Waals surface area contributed by atoms with Crippen LogP contribution in [-0.2, 0) is 9.47 Å². The number of hydrogen-bond acceptors (Lipinski definition) is 3. The molecule has 0 bridgehead atoms. The standard InChI is InChI=1S/C11H20O3/c12-10(8-11-13-6-7-14-11)9-4-2-1-3-5-9/h9-12H,1-8H2. The van der Waals surface area contributed by atoms with E-state index in [1.165, 1.54) is 32.1 Å². The number of aliphatic hydroxyl groups excluding tert-OH is 1. The van der Waals surface area contributed by atoms with Gasteiger partial charge in [-0.3, -0.25) is 0 Å². The molecule has 1 aliphatic carbocycles. The first-order valence-electron chi connectivity index (χ1n) is 5.77. The van der Waals surface area contributed by atoms with Crippen LogP contribution in [0.15, 0.2) is 0 Å². The summed E-state index contributed by atoms with van der Waals surface area (Å²) in [5, 5.41) is 9.97. The van der Waals surface area contributed by atoms with Crippen molar-refractivity contribution in [1.29, 1.82) is 0 Å². The van der Waals surface area contributed by atoms with Gasteiger partial charge < -0.3 is 14.6 Å². The quantitative estimate of drug-likeness (QED) is 0.753. The molecule has 1 saturated carbocycles. The third-order valence-corrected chi connectivity index (χ3v) is 3.32. The van der Waals surface area contributed by atoms with Crippen molar-refractivity contribution in [2.75, 3.05) is 13.2 Å². The number of ether oxygens (including phenoxy) is 2. The Morgan fingerprint density at radius 2 is 1.71 bits per heavy atom. The van der Waals surface area contributed by atoms with E-state index < -0.39 is 0 Å². The van der Waals surface area contributed by atoms with Crippen LogP contribution in [0.4, 0.5) is 0 Å². The Morgan fingerprint density at radius 3 is 2.36 bits per heavy atom. The van der Waals surface area contributed by atoms with Gasteiger partial charge in [0.25, 0.3) is 0 Å². The molecule has 82 valence electrons. The molecule has 1 aliphatic heterocycles. The Kier molecular flexibility index (Phi) is 3.79. The third-order valence-electron chi connectivity index (χ3n) is 3.32. The lowest BCUT2D eigenvalue weighted by Crippen LogP contribution is -2.27. The average Bonchev–Trinajstić information content (AvgIpc) is 2.72. The predicted molar refractivity (Wildman–Crippen MR) is 52.9 cm³/mol. The molecule has 3 heteroatoms. The maximum atomic E-state index is 9.97. The second-order valence-electron chi connectivity index (χ2n) is 4.37. The lowest BCUT2D eigenvalue weighted by atomic mass is 9.84. The van der Waals surface area contributed by atoms with Crippen molar-refractivity contribution < 1.29 is 14.6 Å². The zero-order valence-electron chi connectivity index (χ0n) is 8.65. The first kappa shape index (κ1) is 10.4. The molecular formula is C11H20O3. The first-order valence-corrected chi connectivity index (χ1v) is 5.77. The van der Waals surface area contributed by atoms with Crippen LogP contribution in [0.25, 0.3) is 0 Å². The van der Waals surface area contributed by atoms with Crippen molar-refractivity contribution in [2.24, 2.45) is 5.92 Å². The van der Waals surface area contributed by atoms with Gasteiger partial charge in [0.05, 0.1) is 19.3 Å².